The molecule has 29 heavy (non-hydrogen) atoms. The molecular weight excluding hydrogens is 362 g/mol. The molecule has 3 aromatic carbocycles. The molecule has 0 fully saturated rings. The molecule has 0 radical (unpaired) electrons. The second-order valence-corrected chi connectivity index (χ2v) is 8.12. The van der Waals surface area contributed by atoms with Crippen molar-refractivity contribution in [1.29, 1.82) is 0 Å². The molecule has 1 aliphatic carbocycles. The molecule has 4 aromatic rings. The molecule has 144 valence electrons. The maximum atomic E-state index is 12.6. The Balaban J connectivity index is 1.48. The van der Waals surface area contributed by atoms with Crippen molar-refractivity contribution in [1.82, 2.24) is 0 Å². The SMILES string of the molecule is O=c1oc2c3c(ccc2c2ccccc12)OC[NH+]([C@H]1CCCc2ccccc21)C3. The van der Waals surface area contributed by atoms with Crippen LogP contribution in [0.3, 0.4) is 0 Å². The summed E-state index contributed by atoms with van der Waals surface area (Å²) >= 11 is 0. The van der Waals surface area contributed by atoms with E-state index in [1.54, 1.807) is 0 Å². The smallest absolute Gasteiger partial charge is 0.344 e. The Morgan fingerprint density at radius 3 is 2.66 bits per heavy atom. The van der Waals surface area contributed by atoms with Crippen LogP contribution in [0.2, 0.25) is 0 Å². The van der Waals surface area contributed by atoms with Gasteiger partial charge < -0.3 is 9.15 Å². The Bertz CT molecular complexity index is 1310. The lowest BCUT2D eigenvalue weighted by Crippen LogP contribution is -3.12. The fourth-order valence-electron chi connectivity index (χ4n) is 5.14. The molecule has 2 heterocycles. The number of fused-ring (bicyclic) bond motifs is 6. The second kappa shape index (κ2) is 6.46. The highest BCUT2D eigenvalue weighted by Crippen LogP contribution is 2.34. The largest absolute Gasteiger partial charge is 0.445 e. The first-order chi connectivity index (χ1) is 14.3. The van der Waals surface area contributed by atoms with Gasteiger partial charge in [0.2, 0.25) is 6.73 Å². The molecule has 1 unspecified atom stereocenters. The number of aryl methyl sites for hydroxylation is 1. The van der Waals surface area contributed by atoms with Crippen LogP contribution in [0.1, 0.15) is 35.6 Å². The van der Waals surface area contributed by atoms with Crippen LogP contribution < -0.4 is 15.3 Å². The van der Waals surface area contributed by atoms with E-state index >= 15 is 0 Å². The van der Waals surface area contributed by atoms with Crippen LogP contribution in [0.4, 0.5) is 0 Å². The zero-order valence-corrected chi connectivity index (χ0v) is 16.1. The molecule has 1 aliphatic heterocycles. The Morgan fingerprint density at radius 1 is 0.897 bits per heavy atom. The zero-order valence-electron chi connectivity index (χ0n) is 16.1. The Labute approximate surface area is 168 Å². The van der Waals surface area contributed by atoms with Crippen molar-refractivity contribution >= 4 is 21.7 Å². The Morgan fingerprint density at radius 2 is 1.72 bits per heavy atom. The average Bonchev–Trinajstić information content (AvgIpc) is 2.78. The molecule has 1 aromatic heterocycles. The van der Waals surface area contributed by atoms with E-state index in [9.17, 15) is 4.79 Å². The highest BCUT2D eigenvalue weighted by atomic mass is 16.5. The van der Waals surface area contributed by atoms with Crippen LogP contribution in [0, 0.1) is 0 Å². The Kier molecular flexibility index (Phi) is 3.74. The molecule has 2 atom stereocenters. The third kappa shape index (κ3) is 2.60. The molecule has 0 spiro atoms. The molecule has 2 aliphatic rings. The van der Waals surface area contributed by atoms with Gasteiger partial charge in [-0.05, 0) is 42.0 Å². The summed E-state index contributed by atoms with van der Waals surface area (Å²) in [5.41, 5.74) is 4.30. The molecule has 6 rings (SSSR count). The summed E-state index contributed by atoms with van der Waals surface area (Å²) in [5, 5.41) is 2.55. The van der Waals surface area contributed by atoms with Gasteiger partial charge in [0.25, 0.3) is 0 Å². The monoisotopic (exact) mass is 384 g/mol. The number of hydrogen-bond acceptors (Lipinski definition) is 3. The maximum absolute atomic E-state index is 12.6. The van der Waals surface area contributed by atoms with Crippen LogP contribution in [0.5, 0.6) is 5.75 Å². The lowest BCUT2D eigenvalue weighted by atomic mass is 9.86. The second-order valence-electron chi connectivity index (χ2n) is 8.12. The van der Waals surface area contributed by atoms with E-state index in [-0.39, 0.29) is 5.63 Å². The van der Waals surface area contributed by atoms with Crippen molar-refractivity contribution in [2.75, 3.05) is 6.73 Å². The van der Waals surface area contributed by atoms with Crippen molar-refractivity contribution in [3.05, 3.63) is 87.8 Å². The highest BCUT2D eigenvalue weighted by Gasteiger charge is 2.34. The number of nitrogens with one attached hydrogen (secondary N) is 1. The van der Waals surface area contributed by atoms with Gasteiger partial charge in [0.05, 0.1) is 10.9 Å². The molecular formula is C25H22NO3+. The van der Waals surface area contributed by atoms with Gasteiger partial charge in [-0.25, -0.2) is 4.79 Å². The summed E-state index contributed by atoms with van der Waals surface area (Å²) in [7, 11) is 0. The van der Waals surface area contributed by atoms with Crippen molar-refractivity contribution in [3.63, 3.8) is 0 Å². The fourth-order valence-corrected chi connectivity index (χ4v) is 5.14. The summed E-state index contributed by atoms with van der Waals surface area (Å²) in [5.74, 6) is 0.837. The summed E-state index contributed by atoms with van der Waals surface area (Å²) in [6.45, 7) is 1.43. The molecule has 4 heteroatoms. The third-order valence-electron chi connectivity index (χ3n) is 6.53. The first-order valence-electron chi connectivity index (χ1n) is 10.3. The van der Waals surface area contributed by atoms with E-state index in [1.807, 2.05) is 36.4 Å². The fraction of sp³-hybridized carbons (Fsp3) is 0.240. The molecule has 0 saturated carbocycles. The van der Waals surface area contributed by atoms with Gasteiger partial charge in [0, 0.05) is 17.4 Å². The van der Waals surface area contributed by atoms with E-state index in [0.29, 0.717) is 23.7 Å². The van der Waals surface area contributed by atoms with Crippen LogP contribution >= 0.6 is 0 Å². The van der Waals surface area contributed by atoms with E-state index in [0.717, 1.165) is 41.5 Å². The minimum absolute atomic E-state index is 0.281. The minimum atomic E-state index is -0.281. The third-order valence-corrected chi connectivity index (χ3v) is 6.53. The number of hydrogen-bond donors (Lipinski definition) is 1. The first kappa shape index (κ1) is 16.8. The molecule has 0 amide bonds. The number of quaternary nitrogens is 1. The average molecular weight is 384 g/mol. The van der Waals surface area contributed by atoms with E-state index in [1.165, 1.54) is 22.4 Å². The van der Waals surface area contributed by atoms with Crippen molar-refractivity contribution in [3.8, 4) is 5.75 Å². The summed E-state index contributed by atoms with van der Waals surface area (Å²) in [6, 6.07) is 20.9. The van der Waals surface area contributed by atoms with Gasteiger partial charge in [-0.2, -0.15) is 0 Å². The van der Waals surface area contributed by atoms with E-state index < -0.39 is 0 Å². The molecule has 1 N–H and O–H groups in total. The number of ether oxygens (including phenoxy) is 1. The summed E-state index contributed by atoms with van der Waals surface area (Å²) < 4.78 is 12.0. The van der Waals surface area contributed by atoms with Crippen molar-refractivity contribution in [2.24, 2.45) is 0 Å². The first-order valence-corrected chi connectivity index (χ1v) is 10.3. The minimum Gasteiger partial charge on any atom is -0.445 e. The molecule has 0 bridgehead atoms. The van der Waals surface area contributed by atoms with E-state index in [4.69, 9.17) is 9.15 Å². The standard InChI is InChI=1S/C25H21NO3/c27-25-20-10-4-3-9-18(20)19-12-13-23-21(24(19)29-25)14-26(15-28-23)22-11-5-7-16-6-1-2-8-17(16)22/h1-4,6,8-10,12-13,22H,5,7,11,14-15H2/p+1/t22-/m0/s1. The maximum Gasteiger partial charge on any atom is 0.344 e. The zero-order chi connectivity index (χ0) is 19.4. The van der Waals surface area contributed by atoms with Crippen LogP contribution in [-0.2, 0) is 13.0 Å². The number of rotatable bonds is 1. The van der Waals surface area contributed by atoms with Crippen molar-refractivity contribution < 1.29 is 14.1 Å². The van der Waals surface area contributed by atoms with Gasteiger partial charge in [0.1, 0.15) is 18.3 Å². The van der Waals surface area contributed by atoms with Gasteiger partial charge >= 0.3 is 5.63 Å². The lowest BCUT2D eigenvalue weighted by molar-refractivity contribution is -0.963. The molecule has 0 saturated heterocycles. The Hall–Kier alpha value is -3.11. The van der Waals surface area contributed by atoms with Crippen molar-refractivity contribution in [2.45, 2.75) is 31.8 Å². The summed E-state index contributed by atoms with van der Waals surface area (Å²) in [4.78, 5) is 14.0. The van der Waals surface area contributed by atoms with Crippen LogP contribution in [0.25, 0.3) is 21.7 Å². The highest BCUT2D eigenvalue weighted by molar-refractivity contribution is 6.05. The van der Waals surface area contributed by atoms with Crippen LogP contribution in [-0.4, -0.2) is 6.73 Å². The quantitative estimate of drug-likeness (QED) is 0.401. The van der Waals surface area contributed by atoms with Gasteiger partial charge in [-0.1, -0.05) is 42.5 Å². The predicted octanol–water partition coefficient (Wildman–Crippen LogP) is 3.76. The van der Waals surface area contributed by atoms with Gasteiger partial charge in [-0.3, -0.25) is 4.90 Å². The van der Waals surface area contributed by atoms with Gasteiger partial charge in [-0.15, -0.1) is 0 Å². The van der Waals surface area contributed by atoms with Crippen LogP contribution in [0.15, 0.2) is 69.9 Å². The van der Waals surface area contributed by atoms with E-state index in [2.05, 4.69) is 24.3 Å². The summed E-state index contributed by atoms with van der Waals surface area (Å²) in [6.07, 6.45) is 3.51. The normalized spacial score (nSPS) is 20.8. The lowest BCUT2D eigenvalue weighted by Gasteiger charge is -2.35. The predicted molar refractivity (Wildman–Crippen MR) is 112 cm³/mol. The molecule has 4 nitrogen and oxygen atoms in total. The number of benzene rings is 3. The topological polar surface area (TPSA) is 43.9 Å². The van der Waals surface area contributed by atoms with Gasteiger partial charge in [0.15, 0.2) is 5.58 Å².